The fourth-order valence-electron chi connectivity index (χ4n) is 3.36. The molecule has 2 aromatic carbocycles. The average Bonchev–Trinajstić information content (AvgIpc) is 2.79. The van der Waals surface area contributed by atoms with Gasteiger partial charge in [-0.25, -0.2) is 4.98 Å². The molecule has 0 saturated carbocycles. The lowest BCUT2D eigenvalue weighted by Crippen LogP contribution is -2.39. The van der Waals surface area contributed by atoms with Crippen molar-refractivity contribution in [3.63, 3.8) is 0 Å². The van der Waals surface area contributed by atoms with Crippen LogP contribution in [0.5, 0.6) is 0 Å². The number of para-hydroxylation sites is 1. The number of aromatic nitrogens is 2. The van der Waals surface area contributed by atoms with Gasteiger partial charge < -0.3 is 10.4 Å². The summed E-state index contributed by atoms with van der Waals surface area (Å²) in [6, 6.07) is 22.5. The zero-order valence-electron chi connectivity index (χ0n) is 15.8. The normalized spacial score (nSPS) is 11.9. The van der Waals surface area contributed by atoms with Gasteiger partial charge in [0.15, 0.2) is 0 Å². The van der Waals surface area contributed by atoms with Gasteiger partial charge in [0.05, 0.1) is 29.4 Å². The van der Waals surface area contributed by atoms with E-state index < -0.39 is 0 Å². The summed E-state index contributed by atoms with van der Waals surface area (Å²) in [7, 11) is 0. The van der Waals surface area contributed by atoms with Gasteiger partial charge in [-0.3, -0.25) is 9.78 Å². The lowest BCUT2D eigenvalue weighted by molar-refractivity contribution is 0.0918. The second-order valence-corrected chi connectivity index (χ2v) is 6.85. The number of nitrogens with one attached hydrogen (secondary N) is 1. The summed E-state index contributed by atoms with van der Waals surface area (Å²) >= 11 is 0. The Morgan fingerprint density at radius 1 is 0.966 bits per heavy atom. The molecule has 4 aromatic rings. The highest BCUT2D eigenvalue weighted by atomic mass is 16.3. The average molecular weight is 383 g/mol. The van der Waals surface area contributed by atoms with Crippen LogP contribution in [0.1, 0.15) is 15.9 Å². The molecule has 29 heavy (non-hydrogen) atoms. The quantitative estimate of drug-likeness (QED) is 0.533. The Morgan fingerprint density at radius 3 is 2.45 bits per heavy atom. The maximum Gasteiger partial charge on any atom is 0.252 e. The Kier molecular flexibility index (Phi) is 5.59. The monoisotopic (exact) mass is 383 g/mol. The highest BCUT2D eigenvalue weighted by Gasteiger charge is 2.18. The van der Waals surface area contributed by atoms with E-state index in [-0.39, 0.29) is 18.6 Å². The highest BCUT2D eigenvalue weighted by Crippen LogP contribution is 2.24. The maximum absolute atomic E-state index is 13.1. The topological polar surface area (TPSA) is 75.1 Å². The van der Waals surface area contributed by atoms with E-state index in [9.17, 15) is 9.90 Å². The largest absolute Gasteiger partial charge is 0.394 e. The lowest BCUT2D eigenvalue weighted by Gasteiger charge is -2.18. The van der Waals surface area contributed by atoms with Crippen LogP contribution in [0, 0.1) is 0 Å². The van der Waals surface area contributed by atoms with E-state index >= 15 is 0 Å². The molecule has 144 valence electrons. The molecule has 0 aliphatic heterocycles. The molecule has 0 aliphatic carbocycles. The van der Waals surface area contributed by atoms with E-state index in [0.29, 0.717) is 17.7 Å². The van der Waals surface area contributed by atoms with Gasteiger partial charge in [0.25, 0.3) is 5.91 Å². The smallest absolute Gasteiger partial charge is 0.252 e. The number of carbonyl (C=O) groups excluding carboxylic acids is 1. The van der Waals surface area contributed by atoms with Crippen LogP contribution in [-0.4, -0.2) is 33.6 Å². The lowest BCUT2D eigenvalue weighted by atomic mass is 10.0. The van der Waals surface area contributed by atoms with Gasteiger partial charge in [0, 0.05) is 23.3 Å². The van der Waals surface area contributed by atoms with Gasteiger partial charge in [-0.15, -0.1) is 0 Å². The number of hydrogen-bond acceptors (Lipinski definition) is 4. The van der Waals surface area contributed by atoms with Crippen LogP contribution in [-0.2, 0) is 6.42 Å². The van der Waals surface area contributed by atoms with Crippen molar-refractivity contribution in [2.45, 2.75) is 12.5 Å². The third-order valence-electron chi connectivity index (χ3n) is 4.82. The summed E-state index contributed by atoms with van der Waals surface area (Å²) in [4.78, 5) is 21.9. The molecule has 1 atom stereocenters. The Balaban J connectivity index is 1.67. The number of carbonyl (C=O) groups is 1. The second kappa shape index (κ2) is 8.63. The van der Waals surface area contributed by atoms with Crippen molar-refractivity contribution in [3.05, 3.63) is 96.3 Å². The molecule has 1 amide bonds. The fourth-order valence-corrected chi connectivity index (χ4v) is 3.36. The Morgan fingerprint density at radius 2 is 1.69 bits per heavy atom. The molecule has 0 unspecified atom stereocenters. The number of rotatable bonds is 6. The maximum atomic E-state index is 13.1. The van der Waals surface area contributed by atoms with Gasteiger partial charge in [0.1, 0.15) is 0 Å². The minimum absolute atomic E-state index is 0.138. The van der Waals surface area contributed by atoms with Gasteiger partial charge in [-0.1, -0.05) is 48.5 Å². The van der Waals surface area contributed by atoms with Crippen molar-refractivity contribution >= 4 is 16.8 Å². The number of aliphatic hydroxyl groups is 1. The van der Waals surface area contributed by atoms with Gasteiger partial charge >= 0.3 is 0 Å². The van der Waals surface area contributed by atoms with Crippen molar-refractivity contribution in [1.29, 1.82) is 0 Å². The van der Waals surface area contributed by atoms with Crippen LogP contribution < -0.4 is 5.32 Å². The molecule has 0 fully saturated rings. The number of benzene rings is 2. The molecule has 0 spiro atoms. The summed E-state index contributed by atoms with van der Waals surface area (Å²) in [5.41, 5.74) is 3.94. The second-order valence-electron chi connectivity index (χ2n) is 6.85. The molecular formula is C24H21N3O2. The first kappa shape index (κ1) is 18.8. The predicted octanol–water partition coefficient (Wildman–Crippen LogP) is 3.63. The molecule has 5 heteroatoms. The number of nitrogens with zero attached hydrogens (tertiary/aromatic N) is 2. The van der Waals surface area contributed by atoms with Crippen LogP contribution >= 0.6 is 0 Å². The van der Waals surface area contributed by atoms with Crippen LogP contribution in [0.4, 0.5) is 0 Å². The van der Waals surface area contributed by atoms with Crippen LogP contribution in [0.2, 0.25) is 0 Å². The number of fused-ring (bicyclic) bond motifs is 1. The molecule has 5 nitrogen and oxygen atoms in total. The first-order chi connectivity index (χ1) is 14.2. The predicted molar refractivity (Wildman–Crippen MR) is 113 cm³/mol. The molecule has 2 N–H and O–H groups in total. The number of hydrogen-bond donors (Lipinski definition) is 2. The Bertz CT molecular complexity index is 1110. The van der Waals surface area contributed by atoms with Crippen molar-refractivity contribution in [1.82, 2.24) is 15.3 Å². The van der Waals surface area contributed by atoms with E-state index in [1.807, 2.05) is 66.7 Å². The summed E-state index contributed by atoms with van der Waals surface area (Å²) in [6.45, 7) is -0.138. The summed E-state index contributed by atoms with van der Waals surface area (Å²) in [5, 5.41) is 13.5. The van der Waals surface area contributed by atoms with Crippen molar-refractivity contribution in [3.8, 4) is 11.3 Å². The van der Waals surface area contributed by atoms with Crippen LogP contribution in [0.25, 0.3) is 22.2 Å². The third-order valence-corrected chi connectivity index (χ3v) is 4.82. The molecule has 2 aromatic heterocycles. The molecule has 2 heterocycles. The zero-order chi connectivity index (χ0) is 20.1. The molecule has 0 radical (unpaired) electrons. The van der Waals surface area contributed by atoms with Crippen LogP contribution in [0.3, 0.4) is 0 Å². The molecule has 4 rings (SSSR count). The summed E-state index contributed by atoms with van der Waals surface area (Å²) < 4.78 is 0. The van der Waals surface area contributed by atoms with Crippen molar-refractivity contribution in [2.75, 3.05) is 6.61 Å². The van der Waals surface area contributed by atoms with E-state index in [1.165, 1.54) is 0 Å². The third kappa shape index (κ3) is 4.31. The first-order valence-electron chi connectivity index (χ1n) is 9.50. The van der Waals surface area contributed by atoms with E-state index in [4.69, 9.17) is 4.98 Å². The minimum Gasteiger partial charge on any atom is -0.394 e. The van der Waals surface area contributed by atoms with E-state index in [1.54, 1.807) is 18.5 Å². The minimum atomic E-state index is -0.374. The number of aliphatic hydroxyl groups excluding tert-OH is 1. The van der Waals surface area contributed by atoms with Crippen molar-refractivity contribution < 1.29 is 9.90 Å². The summed E-state index contributed by atoms with van der Waals surface area (Å²) in [6.07, 6.45) is 3.96. The first-order valence-corrected chi connectivity index (χ1v) is 9.50. The SMILES string of the molecule is O=C(N[C@H](CO)Cc1ccccc1)c1cc(-c2ccncc2)nc2ccccc12. The zero-order valence-corrected chi connectivity index (χ0v) is 15.8. The fraction of sp³-hybridized carbons (Fsp3) is 0.125. The molecule has 0 aliphatic rings. The molecular weight excluding hydrogens is 362 g/mol. The highest BCUT2D eigenvalue weighted by molar-refractivity contribution is 6.07. The Labute approximate surface area is 169 Å². The van der Waals surface area contributed by atoms with E-state index in [0.717, 1.165) is 22.0 Å². The number of pyridine rings is 2. The van der Waals surface area contributed by atoms with E-state index in [2.05, 4.69) is 10.3 Å². The molecule has 0 bridgehead atoms. The van der Waals surface area contributed by atoms with Gasteiger partial charge in [-0.2, -0.15) is 0 Å². The molecule has 0 saturated heterocycles. The van der Waals surface area contributed by atoms with Crippen LogP contribution in [0.15, 0.2) is 85.2 Å². The number of amides is 1. The Hall–Kier alpha value is -3.57. The standard InChI is InChI=1S/C24H21N3O2/c28-16-19(14-17-6-2-1-3-7-17)26-24(29)21-15-23(18-10-12-25-13-11-18)27-22-9-5-4-8-20(21)22/h1-13,15,19,28H,14,16H2,(H,26,29)/t19-/m0/s1. The summed E-state index contributed by atoms with van der Waals surface area (Å²) in [5.74, 6) is -0.228. The van der Waals surface area contributed by atoms with Crippen molar-refractivity contribution in [2.24, 2.45) is 0 Å². The van der Waals surface area contributed by atoms with Gasteiger partial charge in [0.2, 0.25) is 0 Å². The van der Waals surface area contributed by atoms with Gasteiger partial charge in [-0.05, 0) is 36.2 Å².